The van der Waals surface area contributed by atoms with Crippen molar-refractivity contribution in [2.45, 2.75) is 20.8 Å². The molecule has 0 aliphatic rings. The highest BCUT2D eigenvalue weighted by Gasteiger charge is 2.07. The SMILES string of the molecule is Cc1ccc(OCC(=O)NC(=S)Nc2cc(C)ccc2C)cc1. The number of hydrogen-bond acceptors (Lipinski definition) is 3. The zero-order chi connectivity index (χ0) is 16.8. The van der Waals surface area contributed by atoms with Gasteiger partial charge in [0.1, 0.15) is 5.75 Å². The molecule has 2 aromatic rings. The molecule has 0 aromatic heterocycles. The molecule has 2 rings (SSSR count). The van der Waals surface area contributed by atoms with Crippen LogP contribution in [0.4, 0.5) is 5.69 Å². The fraction of sp³-hybridized carbons (Fsp3) is 0.222. The Bertz CT molecular complexity index is 711. The van der Waals surface area contributed by atoms with E-state index in [0.717, 1.165) is 22.4 Å². The van der Waals surface area contributed by atoms with Crippen LogP contribution >= 0.6 is 12.2 Å². The van der Waals surface area contributed by atoms with Crippen LogP contribution in [-0.2, 0) is 4.79 Å². The van der Waals surface area contributed by atoms with Gasteiger partial charge in [-0.2, -0.15) is 0 Å². The van der Waals surface area contributed by atoms with Crippen molar-refractivity contribution in [2.24, 2.45) is 0 Å². The first-order chi connectivity index (χ1) is 10.9. The summed E-state index contributed by atoms with van der Waals surface area (Å²) in [6.45, 7) is 5.89. The average Bonchev–Trinajstić information content (AvgIpc) is 2.50. The van der Waals surface area contributed by atoms with E-state index in [9.17, 15) is 4.79 Å². The van der Waals surface area contributed by atoms with Gasteiger partial charge in [-0.05, 0) is 62.3 Å². The number of anilines is 1. The lowest BCUT2D eigenvalue weighted by molar-refractivity contribution is -0.121. The van der Waals surface area contributed by atoms with Gasteiger partial charge < -0.3 is 10.1 Å². The Labute approximate surface area is 141 Å². The summed E-state index contributed by atoms with van der Waals surface area (Å²) in [5.41, 5.74) is 4.20. The Morgan fingerprint density at radius 1 is 1.04 bits per heavy atom. The van der Waals surface area contributed by atoms with E-state index in [4.69, 9.17) is 17.0 Å². The molecule has 0 aliphatic carbocycles. The van der Waals surface area contributed by atoms with Crippen molar-refractivity contribution in [3.05, 3.63) is 59.2 Å². The molecule has 0 saturated heterocycles. The zero-order valence-corrected chi connectivity index (χ0v) is 14.3. The Morgan fingerprint density at radius 3 is 2.39 bits per heavy atom. The molecule has 1 amide bonds. The molecule has 2 aromatic carbocycles. The molecule has 0 saturated carbocycles. The summed E-state index contributed by atoms with van der Waals surface area (Å²) in [5.74, 6) is 0.354. The van der Waals surface area contributed by atoms with Crippen LogP contribution in [0.5, 0.6) is 5.75 Å². The van der Waals surface area contributed by atoms with Gasteiger partial charge in [-0.1, -0.05) is 29.8 Å². The number of hydrogen-bond donors (Lipinski definition) is 2. The Morgan fingerprint density at radius 2 is 1.70 bits per heavy atom. The first-order valence-corrected chi connectivity index (χ1v) is 7.72. The quantitative estimate of drug-likeness (QED) is 0.844. The van der Waals surface area contributed by atoms with Gasteiger partial charge in [0.15, 0.2) is 11.7 Å². The molecule has 23 heavy (non-hydrogen) atoms. The third-order valence-electron chi connectivity index (χ3n) is 3.29. The molecule has 120 valence electrons. The van der Waals surface area contributed by atoms with E-state index >= 15 is 0 Å². The third-order valence-corrected chi connectivity index (χ3v) is 3.49. The summed E-state index contributed by atoms with van der Waals surface area (Å²) >= 11 is 5.16. The van der Waals surface area contributed by atoms with E-state index in [1.165, 1.54) is 0 Å². The van der Waals surface area contributed by atoms with E-state index in [2.05, 4.69) is 10.6 Å². The highest BCUT2D eigenvalue weighted by atomic mass is 32.1. The molecule has 0 spiro atoms. The van der Waals surface area contributed by atoms with Crippen LogP contribution < -0.4 is 15.4 Å². The number of carbonyl (C=O) groups is 1. The Balaban J connectivity index is 1.83. The first-order valence-electron chi connectivity index (χ1n) is 7.31. The van der Waals surface area contributed by atoms with Crippen LogP contribution in [-0.4, -0.2) is 17.6 Å². The maximum atomic E-state index is 11.9. The summed E-state index contributed by atoms with van der Waals surface area (Å²) in [6, 6.07) is 13.5. The molecular formula is C18H20N2O2S. The molecule has 0 radical (unpaired) electrons. The molecule has 4 nitrogen and oxygen atoms in total. The molecule has 0 unspecified atom stereocenters. The molecule has 0 bridgehead atoms. The normalized spacial score (nSPS) is 10.0. The van der Waals surface area contributed by atoms with Crippen molar-refractivity contribution >= 4 is 28.9 Å². The van der Waals surface area contributed by atoms with Crippen LogP contribution in [0.15, 0.2) is 42.5 Å². The molecule has 5 heteroatoms. The maximum Gasteiger partial charge on any atom is 0.264 e. The van der Waals surface area contributed by atoms with Gasteiger partial charge in [-0.3, -0.25) is 10.1 Å². The second-order valence-electron chi connectivity index (χ2n) is 5.42. The largest absolute Gasteiger partial charge is 0.484 e. The maximum absolute atomic E-state index is 11.9. The minimum atomic E-state index is -0.298. The monoisotopic (exact) mass is 328 g/mol. The number of benzene rings is 2. The van der Waals surface area contributed by atoms with Crippen LogP contribution in [0, 0.1) is 20.8 Å². The van der Waals surface area contributed by atoms with E-state index in [1.54, 1.807) is 0 Å². The first kappa shape index (κ1) is 17.0. The van der Waals surface area contributed by atoms with E-state index < -0.39 is 0 Å². The highest BCUT2D eigenvalue weighted by Crippen LogP contribution is 2.16. The number of amides is 1. The van der Waals surface area contributed by atoms with Crippen LogP contribution in [0.3, 0.4) is 0 Å². The standard InChI is InChI=1S/C18H20N2O2S/c1-12-5-8-15(9-6-12)22-11-17(21)20-18(23)19-16-10-13(2)4-7-14(16)3/h4-10H,11H2,1-3H3,(H2,19,20,21,23). The second-order valence-corrected chi connectivity index (χ2v) is 5.83. The van der Waals surface area contributed by atoms with Crippen LogP contribution in [0.25, 0.3) is 0 Å². The van der Waals surface area contributed by atoms with E-state index in [-0.39, 0.29) is 17.6 Å². The third kappa shape index (κ3) is 5.38. The van der Waals surface area contributed by atoms with Crippen molar-refractivity contribution in [1.29, 1.82) is 0 Å². The van der Waals surface area contributed by atoms with Gasteiger partial charge in [-0.15, -0.1) is 0 Å². The summed E-state index contributed by atoms with van der Waals surface area (Å²) in [7, 11) is 0. The lowest BCUT2D eigenvalue weighted by Crippen LogP contribution is -2.37. The molecule has 0 aliphatic heterocycles. The number of carbonyl (C=O) groups excluding carboxylic acids is 1. The molecular weight excluding hydrogens is 308 g/mol. The van der Waals surface area contributed by atoms with Gasteiger partial charge >= 0.3 is 0 Å². The molecule has 0 atom stereocenters. The lowest BCUT2D eigenvalue weighted by atomic mass is 10.1. The zero-order valence-electron chi connectivity index (χ0n) is 13.5. The summed E-state index contributed by atoms with van der Waals surface area (Å²) in [6.07, 6.45) is 0. The molecule has 2 N–H and O–H groups in total. The number of aryl methyl sites for hydroxylation is 3. The number of thiocarbonyl (C=S) groups is 1. The van der Waals surface area contributed by atoms with Crippen molar-refractivity contribution in [1.82, 2.24) is 5.32 Å². The van der Waals surface area contributed by atoms with Gasteiger partial charge in [0.2, 0.25) is 0 Å². The number of nitrogens with one attached hydrogen (secondary N) is 2. The smallest absolute Gasteiger partial charge is 0.264 e. The van der Waals surface area contributed by atoms with Crippen molar-refractivity contribution in [3.8, 4) is 5.75 Å². The predicted octanol–water partition coefficient (Wildman–Crippen LogP) is 3.50. The second kappa shape index (κ2) is 7.74. The molecule has 0 fully saturated rings. The minimum Gasteiger partial charge on any atom is -0.484 e. The van der Waals surface area contributed by atoms with Crippen molar-refractivity contribution in [3.63, 3.8) is 0 Å². The van der Waals surface area contributed by atoms with Crippen molar-refractivity contribution in [2.75, 3.05) is 11.9 Å². The fourth-order valence-corrected chi connectivity index (χ4v) is 2.19. The summed E-state index contributed by atoms with van der Waals surface area (Å²) < 4.78 is 5.42. The topological polar surface area (TPSA) is 50.4 Å². The van der Waals surface area contributed by atoms with Crippen molar-refractivity contribution < 1.29 is 9.53 Å². The number of rotatable bonds is 4. The molecule has 0 heterocycles. The highest BCUT2D eigenvalue weighted by molar-refractivity contribution is 7.80. The average molecular weight is 328 g/mol. The van der Waals surface area contributed by atoms with Gasteiger partial charge in [0.25, 0.3) is 5.91 Å². The van der Waals surface area contributed by atoms with Gasteiger partial charge in [-0.25, -0.2) is 0 Å². The van der Waals surface area contributed by atoms with Gasteiger partial charge in [0, 0.05) is 5.69 Å². The minimum absolute atomic E-state index is 0.0856. The predicted molar refractivity (Wildman–Crippen MR) is 97.0 cm³/mol. The Hall–Kier alpha value is -2.40. The summed E-state index contributed by atoms with van der Waals surface area (Å²) in [5, 5.41) is 5.91. The summed E-state index contributed by atoms with van der Waals surface area (Å²) in [4.78, 5) is 11.9. The van der Waals surface area contributed by atoms with E-state index in [0.29, 0.717) is 5.75 Å². The van der Waals surface area contributed by atoms with Crippen LogP contribution in [0.1, 0.15) is 16.7 Å². The fourth-order valence-electron chi connectivity index (χ4n) is 1.97. The van der Waals surface area contributed by atoms with E-state index in [1.807, 2.05) is 63.2 Å². The van der Waals surface area contributed by atoms with Crippen LogP contribution in [0.2, 0.25) is 0 Å². The number of ether oxygens (including phenoxy) is 1. The van der Waals surface area contributed by atoms with Gasteiger partial charge in [0.05, 0.1) is 0 Å². The lowest BCUT2D eigenvalue weighted by Gasteiger charge is -2.13. The Kier molecular flexibility index (Phi) is 5.71.